The van der Waals surface area contributed by atoms with Crippen LogP contribution < -0.4 is 4.90 Å². The maximum Gasteiger partial charge on any atom is 0.414 e. The molecule has 0 saturated carbocycles. The van der Waals surface area contributed by atoms with Crippen molar-refractivity contribution in [3.8, 4) is 0 Å². The van der Waals surface area contributed by atoms with E-state index in [4.69, 9.17) is 4.74 Å². The molecule has 0 radical (unpaired) electrons. The third-order valence-corrected chi connectivity index (χ3v) is 4.65. The molecular weight excluding hydrogens is 310 g/mol. The van der Waals surface area contributed by atoms with E-state index in [1.807, 2.05) is 66.7 Å². The minimum atomic E-state index is -0.299. The van der Waals surface area contributed by atoms with Gasteiger partial charge in [0.2, 0.25) is 0 Å². The molecule has 1 amide bonds. The van der Waals surface area contributed by atoms with Crippen LogP contribution in [0.25, 0.3) is 0 Å². The summed E-state index contributed by atoms with van der Waals surface area (Å²) in [5, 5.41) is 0. The maximum atomic E-state index is 12.7. The van der Waals surface area contributed by atoms with Gasteiger partial charge in [-0.3, -0.25) is 4.90 Å². The number of carbonyl (C=O) groups excluding carboxylic acids is 1. The summed E-state index contributed by atoms with van der Waals surface area (Å²) in [5.74, 6) is 0.0708. The Bertz CT molecular complexity index is 834. The van der Waals surface area contributed by atoms with Gasteiger partial charge in [0.05, 0.1) is 6.04 Å². The van der Waals surface area contributed by atoms with Crippen LogP contribution in [0.3, 0.4) is 0 Å². The number of benzene rings is 3. The fourth-order valence-electron chi connectivity index (χ4n) is 3.48. The molecule has 3 aromatic rings. The van der Waals surface area contributed by atoms with Crippen LogP contribution in [0, 0.1) is 0 Å². The number of hydrogen-bond acceptors (Lipinski definition) is 2. The molecule has 1 aliphatic rings. The lowest BCUT2D eigenvalue weighted by Crippen LogP contribution is -2.45. The van der Waals surface area contributed by atoms with Crippen molar-refractivity contribution < 1.29 is 9.53 Å². The molecule has 0 aromatic heterocycles. The number of anilines is 1. The second kappa shape index (κ2) is 6.81. The topological polar surface area (TPSA) is 29.5 Å². The Labute approximate surface area is 147 Å². The van der Waals surface area contributed by atoms with Crippen LogP contribution in [-0.2, 0) is 4.74 Å². The second-order valence-corrected chi connectivity index (χ2v) is 6.16. The summed E-state index contributed by atoms with van der Waals surface area (Å²) in [7, 11) is 0. The lowest BCUT2D eigenvalue weighted by atomic mass is 9.85. The average molecular weight is 329 g/mol. The van der Waals surface area contributed by atoms with Crippen molar-refractivity contribution in [2.75, 3.05) is 11.5 Å². The van der Waals surface area contributed by atoms with Crippen LogP contribution in [-0.4, -0.2) is 12.7 Å². The highest BCUT2D eigenvalue weighted by Gasteiger charge is 2.39. The molecule has 124 valence electrons. The zero-order valence-electron chi connectivity index (χ0n) is 13.8. The molecule has 3 heteroatoms. The molecule has 2 unspecified atom stereocenters. The minimum Gasteiger partial charge on any atom is -0.448 e. The highest BCUT2D eigenvalue weighted by atomic mass is 16.6. The third-order valence-electron chi connectivity index (χ3n) is 4.65. The highest BCUT2D eigenvalue weighted by Crippen LogP contribution is 2.42. The van der Waals surface area contributed by atoms with Gasteiger partial charge in [-0.1, -0.05) is 78.9 Å². The molecule has 1 fully saturated rings. The minimum absolute atomic E-state index is 0.0708. The van der Waals surface area contributed by atoms with Crippen LogP contribution in [0.5, 0.6) is 0 Å². The molecule has 1 saturated heterocycles. The van der Waals surface area contributed by atoms with Crippen LogP contribution in [0.4, 0.5) is 10.5 Å². The molecule has 1 heterocycles. The number of ether oxygens (including phenoxy) is 1. The van der Waals surface area contributed by atoms with Crippen molar-refractivity contribution in [3.63, 3.8) is 0 Å². The maximum absolute atomic E-state index is 12.7. The standard InChI is InChI=1S/C22H19NO2/c24-22-23(19-14-8-3-9-15-19)21(18-12-6-2-7-13-18)20(16-25-22)17-10-4-1-5-11-17/h1-15,20-21H,16H2. The molecule has 1 aliphatic heterocycles. The van der Waals surface area contributed by atoms with Crippen molar-refractivity contribution in [2.24, 2.45) is 0 Å². The van der Waals surface area contributed by atoms with Gasteiger partial charge in [0.25, 0.3) is 0 Å². The summed E-state index contributed by atoms with van der Waals surface area (Å²) in [4.78, 5) is 14.4. The van der Waals surface area contributed by atoms with Gasteiger partial charge in [-0.25, -0.2) is 4.79 Å². The van der Waals surface area contributed by atoms with Crippen LogP contribution >= 0.6 is 0 Å². The SMILES string of the molecule is O=C1OCC(c2ccccc2)C(c2ccccc2)N1c1ccccc1. The number of para-hydroxylation sites is 1. The summed E-state index contributed by atoms with van der Waals surface area (Å²) in [6, 6.07) is 30.1. The number of rotatable bonds is 3. The normalized spacial score (nSPS) is 20.2. The van der Waals surface area contributed by atoms with Gasteiger partial charge in [-0.05, 0) is 23.3 Å². The predicted octanol–water partition coefficient (Wildman–Crippen LogP) is 5.17. The number of amides is 1. The highest BCUT2D eigenvalue weighted by molar-refractivity contribution is 5.89. The van der Waals surface area contributed by atoms with Crippen molar-refractivity contribution >= 4 is 11.8 Å². The Kier molecular flexibility index (Phi) is 4.21. The van der Waals surface area contributed by atoms with Gasteiger partial charge in [-0.2, -0.15) is 0 Å². The number of cyclic esters (lactones) is 1. The van der Waals surface area contributed by atoms with Crippen molar-refractivity contribution in [1.82, 2.24) is 0 Å². The number of carbonyl (C=O) groups is 1. The molecule has 0 bridgehead atoms. The molecule has 0 aliphatic carbocycles. The van der Waals surface area contributed by atoms with Crippen molar-refractivity contribution in [3.05, 3.63) is 102 Å². The zero-order valence-corrected chi connectivity index (χ0v) is 13.8. The average Bonchev–Trinajstić information content (AvgIpc) is 2.70. The monoisotopic (exact) mass is 329 g/mol. The molecule has 4 rings (SSSR count). The lowest BCUT2D eigenvalue weighted by Gasteiger charge is -2.41. The second-order valence-electron chi connectivity index (χ2n) is 6.16. The summed E-state index contributed by atoms with van der Waals surface area (Å²) in [6.45, 7) is 0.381. The van der Waals surface area contributed by atoms with E-state index >= 15 is 0 Å². The smallest absolute Gasteiger partial charge is 0.414 e. The van der Waals surface area contributed by atoms with E-state index < -0.39 is 0 Å². The van der Waals surface area contributed by atoms with E-state index in [2.05, 4.69) is 24.3 Å². The fourth-order valence-corrected chi connectivity index (χ4v) is 3.48. The largest absolute Gasteiger partial charge is 0.448 e. The van der Waals surface area contributed by atoms with E-state index in [1.165, 1.54) is 5.56 Å². The van der Waals surface area contributed by atoms with E-state index in [-0.39, 0.29) is 18.1 Å². The quantitative estimate of drug-likeness (QED) is 0.663. The summed E-state index contributed by atoms with van der Waals surface area (Å²) in [6.07, 6.45) is -0.299. The molecule has 2 atom stereocenters. The summed E-state index contributed by atoms with van der Waals surface area (Å²) >= 11 is 0. The van der Waals surface area contributed by atoms with E-state index in [1.54, 1.807) is 4.90 Å². The zero-order chi connectivity index (χ0) is 17.1. The lowest BCUT2D eigenvalue weighted by molar-refractivity contribution is 0.117. The third kappa shape index (κ3) is 3.01. The van der Waals surface area contributed by atoms with Crippen LogP contribution in [0.15, 0.2) is 91.0 Å². The Morgan fingerprint density at radius 3 is 1.84 bits per heavy atom. The number of nitrogens with zero attached hydrogens (tertiary/aromatic N) is 1. The summed E-state index contributed by atoms with van der Waals surface area (Å²) < 4.78 is 5.55. The Morgan fingerprint density at radius 2 is 1.24 bits per heavy atom. The molecule has 0 N–H and O–H groups in total. The van der Waals surface area contributed by atoms with Gasteiger partial charge < -0.3 is 4.74 Å². The van der Waals surface area contributed by atoms with Gasteiger partial charge >= 0.3 is 6.09 Å². The molecule has 3 nitrogen and oxygen atoms in total. The molecular formula is C22H19NO2. The fraction of sp³-hybridized carbons (Fsp3) is 0.136. The van der Waals surface area contributed by atoms with E-state index in [0.29, 0.717) is 6.61 Å². The van der Waals surface area contributed by atoms with Crippen molar-refractivity contribution in [1.29, 1.82) is 0 Å². The van der Waals surface area contributed by atoms with Gasteiger partial charge in [0.15, 0.2) is 0 Å². The first-order valence-electron chi connectivity index (χ1n) is 8.45. The first-order valence-corrected chi connectivity index (χ1v) is 8.45. The molecule has 0 spiro atoms. The van der Waals surface area contributed by atoms with Crippen LogP contribution in [0.1, 0.15) is 23.1 Å². The van der Waals surface area contributed by atoms with E-state index in [9.17, 15) is 4.79 Å². The van der Waals surface area contributed by atoms with Gasteiger partial charge in [-0.15, -0.1) is 0 Å². The summed E-state index contributed by atoms with van der Waals surface area (Å²) in [5.41, 5.74) is 3.13. The van der Waals surface area contributed by atoms with Gasteiger partial charge in [0.1, 0.15) is 6.61 Å². The Hall–Kier alpha value is -3.07. The molecule has 25 heavy (non-hydrogen) atoms. The Morgan fingerprint density at radius 1 is 0.720 bits per heavy atom. The van der Waals surface area contributed by atoms with Crippen LogP contribution in [0.2, 0.25) is 0 Å². The first kappa shape index (κ1) is 15.5. The first-order chi connectivity index (χ1) is 12.3. The van der Waals surface area contributed by atoms with E-state index in [0.717, 1.165) is 11.3 Å². The Balaban J connectivity index is 1.84. The predicted molar refractivity (Wildman–Crippen MR) is 98.6 cm³/mol. The van der Waals surface area contributed by atoms with Crippen molar-refractivity contribution in [2.45, 2.75) is 12.0 Å². The molecule has 3 aromatic carbocycles. The number of hydrogen-bond donors (Lipinski definition) is 0. The van der Waals surface area contributed by atoms with Gasteiger partial charge in [0, 0.05) is 11.6 Å².